The van der Waals surface area contributed by atoms with Crippen LogP contribution in [0.3, 0.4) is 0 Å². The van der Waals surface area contributed by atoms with Crippen LogP contribution in [0.25, 0.3) is 0 Å². The zero-order valence-electron chi connectivity index (χ0n) is 18.1. The summed E-state index contributed by atoms with van der Waals surface area (Å²) in [5.41, 5.74) is 7.37. The molecule has 2 heterocycles. The van der Waals surface area contributed by atoms with Gasteiger partial charge in [0.1, 0.15) is 5.15 Å². The van der Waals surface area contributed by atoms with Gasteiger partial charge in [0.05, 0.1) is 17.4 Å². The molecule has 0 aromatic carbocycles. The van der Waals surface area contributed by atoms with Gasteiger partial charge in [0.25, 0.3) is 11.7 Å². The Labute approximate surface area is 186 Å². The van der Waals surface area contributed by atoms with Gasteiger partial charge >= 0.3 is 5.91 Å². The fourth-order valence-electron chi connectivity index (χ4n) is 4.45. The Kier molecular flexibility index (Phi) is 6.81. The first-order valence-corrected chi connectivity index (χ1v) is 10.5. The number of hydrogen-bond acceptors (Lipinski definition) is 5. The number of primary amides is 1. The first-order valence-electron chi connectivity index (χ1n) is 10.1. The largest absolute Gasteiger partial charge is 0.381 e. The number of carbonyl (C=O) groups is 3. The number of hydrogen-bond donors (Lipinski definition) is 1. The molecule has 2 aromatic heterocycles. The monoisotopic (exact) mass is 446 g/mol. The number of nitrogens with zero attached hydrogens (tertiary/aromatic N) is 3. The summed E-state index contributed by atoms with van der Waals surface area (Å²) in [7, 11) is 3.32. The van der Waals surface area contributed by atoms with E-state index in [1.54, 1.807) is 44.7 Å². The maximum Gasteiger partial charge on any atom is 0.301 e. The molecule has 2 aromatic rings. The fourth-order valence-corrected chi connectivity index (χ4v) is 4.62. The third kappa shape index (κ3) is 4.36. The van der Waals surface area contributed by atoms with Gasteiger partial charge in [0.2, 0.25) is 0 Å². The number of rotatable bonds is 6. The minimum atomic E-state index is -0.697. The van der Waals surface area contributed by atoms with Gasteiger partial charge in [0.15, 0.2) is 0 Å². The van der Waals surface area contributed by atoms with Crippen molar-refractivity contribution < 1.29 is 19.1 Å². The highest BCUT2D eigenvalue weighted by Crippen LogP contribution is 2.31. The molecular formula is C22H27ClN4O4. The van der Waals surface area contributed by atoms with Gasteiger partial charge in [-0.3, -0.25) is 14.4 Å². The molecule has 2 N–H and O–H groups in total. The van der Waals surface area contributed by atoms with Crippen LogP contribution in [0.15, 0.2) is 18.3 Å². The molecule has 1 aliphatic carbocycles. The van der Waals surface area contributed by atoms with Crippen LogP contribution in [0, 0.1) is 13.8 Å². The fraction of sp³-hybridized carbons (Fsp3) is 0.455. The number of Topliss-reactive ketones (excluding diaryl/α,β-unsaturated/α-hetero) is 1. The molecule has 1 fully saturated rings. The molecule has 0 aliphatic heterocycles. The lowest BCUT2D eigenvalue weighted by atomic mass is 9.91. The van der Waals surface area contributed by atoms with E-state index in [0.717, 1.165) is 12.8 Å². The smallest absolute Gasteiger partial charge is 0.301 e. The number of halogens is 1. The molecule has 166 valence electrons. The number of nitrogens with two attached hydrogens (primary N) is 1. The van der Waals surface area contributed by atoms with E-state index in [1.165, 1.54) is 11.1 Å². The van der Waals surface area contributed by atoms with Crippen molar-refractivity contribution in [3.05, 3.63) is 46.0 Å². The molecule has 1 aliphatic rings. The van der Waals surface area contributed by atoms with E-state index in [2.05, 4.69) is 4.98 Å². The Balaban J connectivity index is 2.02. The highest BCUT2D eigenvalue weighted by Gasteiger charge is 2.36. The van der Waals surface area contributed by atoms with Gasteiger partial charge in [-0.05, 0) is 57.2 Å². The summed E-state index contributed by atoms with van der Waals surface area (Å²) in [5.74, 6) is -2.01. The number of ketones is 1. The molecule has 0 atom stereocenters. The minimum Gasteiger partial charge on any atom is -0.381 e. The second kappa shape index (κ2) is 9.20. The van der Waals surface area contributed by atoms with E-state index in [4.69, 9.17) is 22.1 Å². The predicted octanol–water partition coefficient (Wildman–Crippen LogP) is 2.96. The number of anilines is 1. The maximum atomic E-state index is 13.6. The molecule has 31 heavy (non-hydrogen) atoms. The van der Waals surface area contributed by atoms with Crippen LogP contribution in [-0.2, 0) is 16.6 Å². The Morgan fingerprint density at radius 3 is 2.39 bits per heavy atom. The number of aromatic nitrogens is 2. The van der Waals surface area contributed by atoms with E-state index >= 15 is 0 Å². The highest BCUT2D eigenvalue weighted by atomic mass is 35.5. The van der Waals surface area contributed by atoms with Gasteiger partial charge in [-0.15, -0.1) is 0 Å². The van der Waals surface area contributed by atoms with E-state index in [9.17, 15) is 14.4 Å². The van der Waals surface area contributed by atoms with Crippen LogP contribution < -0.4 is 10.6 Å². The van der Waals surface area contributed by atoms with E-state index in [1.807, 2.05) is 0 Å². The summed E-state index contributed by atoms with van der Waals surface area (Å²) < 4.78 is 6.99. The van der Waals surface area contributed by atoms with E-state index in [0.29, 0.717) is 29.8 Å². The number of ether oxygens (including phenoxy) is 1. The normalized spacial score (nSPS) is 18.6. The van der Waals surface area contributed by atoms with Crippen LogP contribution in [-0.4, -0.2) is 46.4 Å². The molecule has 0 saturated heterocycles. The van der Waals surface area contributed by atoms with Crippen molar-refractivity contribution in [3.8, 4) is 0 Å². The van der Waals surface area contributed by atoms with Crippen LogP contribution in [0.1, 0.15) is 57.8 Å². The SMILES string of the molecule is COC1CCC(N(C(=O)C(=O)c2c(C)c(C(N)=O)c(C)n2C)c2ccnc(Cl)c2)CC1. The molecular weight excluding hydrogens is 420 g/mol. The van der Waals surface area contributed by atoms with Crippen molar-refractivity contribution in [2.45, 2.75) is 51.7 Å². The van der Waals surface area contributed by atoms with E-state index < -0.39 is 17.6 Å². The summed E-state index contributed by atoms with van der Waals surface area (Å²) in [4.78, 5) is 44.3. The molecule has 8 nitrogen and oxygen atoms in total. The highest BCUT2D eigenvalue weighted by molar-refractivity contribution is 6.47. The van der Waals surface area contributed by atoms with Gasteiger partial charge < -0.3 is 19.9 Å². The van der Waals surface area contributed by atoms with Gasteiger partial charge in [0, 0.05) is 37.8 Å². The summed E-state index contributed by atoms with van der Waals surface area (Å²) in [5, 5.41) is 0.232. The number of carbonyl (C=O) groups excluding carboxylic acids is 3. The van der Waals surface area contributed by atoms with Gasteiger partial charge in [-0.2, -0.15) is 0 Å². The van der Waals surface area contributed by atoms with Gasteiger partial charge in [-0.25, -0.2) is 4.98 Å². The van der Waals surface area contributed by atoms with Crippen LogP contribution >= 0.6 is 11.6 Å². The Bertz CT molecular complexity index is 1020. The average Bonchev–Trinajstić information content (AvgIpc) is 2.96. The lowest BCUT2D eigenvalue weighted by molar-refractivity contribution is -0.115. The quantitative estimate of drug-likeness (QED) is 0.417. The van der Waals surface area contributed by atoms with E-state index in [-0.39, 0.29) is 28.6 Å². The molecule has 0 spiro atoms. The number of methoxy groups -OCH3 is 1. The Hall–Kier alpha value is -2.71. The second-order valence-electron chi connectivity index (χ2n) is 7.86. The summed E-state index contributed by atoms with van der Waals surface area (Å²) in [6.07, 6.45) is 4.59. The number of pyridine rings is 1. The van der Waals surface area contributed by atoms with Crippen LogP contribution in [0.5, 0.6) is 0 Å². The molecule has 1 saturated carbocycles. The van der Waals surface area contributed by atoms with Crippen molar-refractivity contribution in [1.82, 2.24) is 9.55 Å². The molecule has 0 unspecified atom stereocenters. The first-order chi connectivity index (χ1) is 14.7. The van der Waals surface area contributed by atoms with Crippen molar-refractivity contribution in [2.75, 3.05) is 12.0 Å². The van der Waals surface area contributed by atoms with Crippen molar-refractivity contribution >= 4 is 34.9 Å². The lowest BCUT2D eigenvalue weighted by Crippen LogP contribution is -2.47. The molecule has 9 heteroatoms. The Morgan fingerprint density at radius 1 is 1.23 bits per heavy atom. The van der Waals surface area contributed by atoms with Crippen molar-refractivity contribution in [2.24, 2.45) is 12.8 Å². The molecule has 3 rings (SSSR count). The first kappa shape index (κ1) is 23.0. The average molecular weight is 447 g/mol. The van der Waals surface area contributed by atoms with Crippen LogP contribution in [0.4, 0.5) is 5.69 Å². The zero-order chi connectivity index (χ0) is 22.9. The Morgan fingerprint density at radius 2 is 1.87 bits per heavy atom. The van der Waals surface area contributed by atoms with Crippen molar-refractivity contribution in [3.63, 3.8) is 0 Å². The van der Waals surface area contributed by atoms with Gasteiger partial charge in [-0.1, -0.05) is 11.6 Å². The second-order valence-corrected chi connectivity index (χ2v) is 8.25. The minimum absolute atomic E-state index is 0.140. The lowest BCUT2D eigenvalue weighted by Gasteiger charge is -2.36. The topological polar surface area (TPSA) is 108 Å². The number of amides is 2. The molecule has 0 bridgehead atoms. The van der Waals surface area contributed by atoms with Crippen LogP contribution in [0.2, 0.25) is 5.15 Å². The molecule has 0 radical (unpaired) electrons. The summed E-state index contributed by atoms with van der Waals surface area (Å²) >= 11 is 6.07. The molecule has 2 amide bonds. The standard InChI is InChI=1S/C22H27ClN4O4/c1-12-18(21(24)29)13(2)26(3)19(12)20(28)22(30)27(15-9-10-25-17(23)11-15)14-5-7-16(31-4)8-6-14/h9-11,14,16H,5-8H2,1-4H3,(H2,24,29). The predicted molar refractivity (Wildman–Crippen MR) is 118 cm³/mol. The zero-order valence-corrected chi connectivity index (χ0v) is 18.9. The summed E-state index contributed by atoms with van der Waals surface area (Å²) in [6, 6.07) is 3.06. The van der Waals surface area contributed by atoms with Crippen molar-refractivity contribution in [1.29, 1.82) is 0 Å². The third-order valence-electron chi connectivity index (χ3n) is 6.14. The third-order valence-corrected chi connectivity index (χ3v) is 6.34. The maximum absolute atomic E-state index is 13.6. The summed E-state index contributed by atoms with van der Waals surface area (Å²) in [6.45, 7) is 3.33.